The number of ether oxygens (including phenoxy) is 1. The lowest BCUT2D eigenvalue weighted by molar-refractivity contribution is -0.147. The highest BCUT2D eigenvalue weighted by Crippen LogP contribution is 2.20. The average molecular weight is 265 g/mol. The Bertz CT molecular complexity index is 569. The minimum absolute atomic E-state index is 0.239. The summed E-state index contributed by atoms with van der Waals surface area (Å²) in [5, 5.41) is 19.9. The summed E-state index contributed by atoms with van der Waals surface area (Å²) in [7, 11) is 0. The van der Waals surface area contributed by atoms with Gasteiger partial charge in [-0.25, -0.2) is 4.98 Å². The Morgan fingerprint density at radius 2 is 2.26 bits per heavy atom. The van der Waals surface area contributed by atoms with Crippen molar-refractivity contribution in [2.45, 2.75) is 25.6 Å². The minimum Gasteiger partial charge on any atom is -0.466 e. The fraction of sp³-hybridized carbons (Fsp3) is 0.417. The predicted molar refractivity (Wildman–Crippen MR) is 65.2 cm³/mol. The van der Waals surface area contributed by atoms with E-state index in [2.05, 4.69) is 9.97 Å². The molecular formula is C12H15N3O4. The van der Waals surface area contributed by atoms with Crippen LogP contribution in [0.15, 0.2) is 24.8 Å². The summed E-state index contributed by atoms with van der Waals surface area (Å²) in [5.41, 5.74) is 0.953. The first-order valence-corrected chi connectivity index (χ1v) is 5.92. The molecule has 2 rings (SSSR count). The van der Waals surface area contributed by atoms with E-state index < -0.39 is 18.2 Å². The predicted octanol–water partition coefficient (Wildman–Crippen LogP) is 0.0768. The molecule has 7 nitrogen and oxygen atoms in total. The molecule has 0 bridgehead atoms. The normalized spacial score (nSPS) is 14.3. The van der Waals surface area contributed by atoms with Crippen molar-refractivity contribution >= 4 is 11.6 Å². The molecule has 0 saturated carbocycles. The quantitative estimate of drug-likeness (QED) is 0.743. The zero-order valence-electron chi connectivity index (χ0n) is 10.4. The molecule has 19 heavy (non-hydrogen) atoms. The van der Waals surface area contributed by atoms with Crippen molar-refractivity contribution in [3.8, 4) is 0 Å². The fourth-order valence-electron chi connectivity index (χ4n) is 1.78. The van der Waals surface area contributed by atoms with Crippen LogP contribution >= 0.6 is 0 Å². The molecule has 2 unspecified atom stereocenters. The summed E-state index contributed by atoms with van der Waals surface area (Å²) in [6.07, 6.45) is 3.41. The SMILES string of the molecule is CCOC(=O)CC(O)C(O)c1cnc2cnccn12. The lowest BCUT2D eigenvalue weighted by atomic mass is 10.1. The summed E-state index contributed by atoms with van der Waals surface area (Å²) in [6, 6.07) is 0. The van der Waals surface area contributed by atoms with Gasteiger partial charge in [0.25, 0.3) is 0 Å². The summed E-state index contributed by atoms with van der Waals surface area (Å²) in [4.78, 5) is 19.2. The van der Waals surface area contributed by atoms with E-state index in [4.69, 9.17) is 4.74 Å². The zero-order valence-corrected chi connectivity index (χ0v) is 10.4. The topological polar surface area (TPSA) is 97.0 Å². The number of carbonyl (C=O) groups is 1. The molecule has 0 saturated heterocycles. The van der Waals surface area contributed by atoms with Crippen molar-refractivity contribution in [1.82, 2.24) is 14.4 Å². The number of hydrogen-bond acceptors (Lipinski definition) is 6. The van der Waals surface area contributed by atoms with Crippen molar-refractivity contribution in [2.75, 3.05) is 6.61 Å². The third kappa shape index (κ3) is 2.88. The molecule has 0 fully saturated rings. The van der Waals surface area contributed by atoms with Crippen molar-refractivity contribution in [3.05, 3.63) is 30.5 Å². The van der Waals surface area contributed by atoms with Gasteiger partial charge >= 0.3 is 5.97 Å². The van der Waals surface area contributed by atoms with E-state index in [1.165, 1.54) is 12.4 Å². The first-order valence-electron chi connectivity index (χ1n) is 5.92. The van der Waals surface area contributed by atoms with Crippen LogP contribution in [0.3, 0.4) is 0 Å². The monoisotopic (exact) mass is 265 g/mol. The average Bonchev–Trinajstić information content (AvgIpc) is 2.81. The van der Waals surface area contributed by atoms with Gasteiger partial charge in [0.15, 0.2) is 5.65 Å². The van der Waals surface area contributed by atoms with Crippen LogP contribution in [0, 0.1) is 0 Å². The van der Waals surface area contributed by atoms with Gasteiger partial charge in [0.2, 0.25) is 0 Å². The van der Waals surface area contributed by atoms with E-state index in [1.54, 1.807) is 23.7 Å². The number of imidazole rings is 1. The summed E-state index contributed by atoms with van der Waals surface area (Å²) in [5.74, 6) is -0.551. The minimum atomic E-state index is -1.24. The van der Waals surface area contributed by atoms with Gasteiger partial charge in [-0.2, -0.15) is 0 Å². The Labute approximate surface area is 109 Å². The summed E-state index contributed by atoms with van der Waals surface area (Å²) >= 11 is 0. The molecule has 0 radical (unpaired) electrons. The van der Waals surface area contributed by atoms with E-state index in [0.717, 1.165) is 0 Å². The van der Waals surface area contributed by atoms with Gasteiger partial charge in [-0.1, -0.05) is 0 Å². The molecule has 0 aromatic carbocycles. The number of fused-ring (bicyclic) bond motifs is 1. The summed E-state index contributed by atoms with van der Waals surface area (Å²) < 4.78 is 6.33. The van der Waals surface area contributed by atoms with Crippen LogP contribution in [0.25, 0.3) is 5.65 Å². The summed E-state index contributed by atoms with van der Waals surface area (Å²) in [6.45, 7) is 1.92. The Balaban J connectivity index is 2.14. The molecular weight excluding hydrogens is 250 g/mol. The molecule has 2 atom stereocenters. The van der Waals surface area contributed by atoms with E-state index in [0.29, 0.717) is 11.3 Å². The molecule has 0 spiro atoms. The van der Waals surface area contributed by atoms with Gasteiger partial charge in [0.05, 0.1) is 37.2 Å². The van der Waals surface area contributed by atoms with Crippen LogP contribution in [0.2, 0.25) is 0 Å². The van der Waals surface area contributed by atoms with E-state index in [9.17, 15) is 15.0 Å². The first-order chi connectivity index (χ1) is 9.13. The molecule has 2 heterocycles. The van der Waals surface area contributed by atoms with Crippen LogP contribution < -0.4 is 0 Å². The van der Waals surface area contributed by atoms with Crippen molar-refractivity contribution in [1.29, 1.82) is 0 Å². The van der Waals surface area contributed by atoms with Gasteiger partial charge < -0.3 is 14.9 Å². The molecule has 0 aliphatic heterocycles. The lowest BCUT2D eigenvalue weighted by Gasteiger charge is -2.16. The van der Waals surface area contributed by atoms with E-state index >= 15 is 0 Å². The molecule has 0 aliphatic carbocycles. The number of rotatable bonds is 5. The maximum Gasteiger partial charge on any atom is 0.308 e. The number of nitrogens with zero attached hydrogens (tertiary/aromatic N) is 3. The van der Waals surface area contributed by atoms with E-state index in [1.807, 2.05) is 0 Å². The number of esters is 1. The van der Waals surface area contributed by atoms with Crippen LogP contribution in [-0.4, -0.2) is 43.3 Å². The number of aliphatic hydroxyl groups is 2. The van der Waals surface area contributed by atoms with Gasteiger partial charge in [0.1, 0.15) is 6.10 Å². The lowest BCUT2D eigenvalue weighted by Crippen LogP contribution is -2.24. The van der Waals surface area contributed by atoms with Gasteiger partial charge in [0, 0.05) is 12.4 Å². The van der Waals surface area contributed by atoms with Gasteiger partial charge in [-0.3, -0.25) is 14.2 Å². The Hall–Kier alpha value is -1.99. The Morgan fingerprint density at radius 3 is 3.00 bits per heavy atom. The van der Waals surface area contributed by atoms with Gasteiger partial charge in [-0.05, 0) is 6.92 Å². The van der Waals surface area contributed by atoms with Crippen molar-refractivity contribution < 1.29 is 19.7 Å². The maximum absolute atomic E-state index is 11.3. The maximum atomic E-state index is 11.3. The van der Waals surface area contributed by atoms with Crippen LogP contribution in [0.5, 0.6) is 0 Å². The fourth-order valence-corrected chi connectivity index (χ4v) is 1.78. The highest BCUT2D eigenvalue weighted by Gasteiger charge is 2.24. The highest BCUT2D eigenvalue weighted by atomic mass is 16.5. The second kappa shape index (κ2) is 5.77. The van der Waals surface area contributed by atoms with Gasteiger partial charge in [-0.15, -0.1) is 0 Å². The van der Waals surface area contributed by atoms with Crippen molar-refractivity contribution in [2.24, 2.45) is 0 Å². The molecule has 102 valence electrons. The van der Waals surface area contributed by atoms with Crippen LogP contribution in [-0.2, 0) is 9.53 Å². The Kier molecular flexibility index (Phi) is 4.08. The number of hydrogen-bond donors (Lipinski definition) is 2. The first kappa shape index (κ1) is 13.4. The largest absolute Gasteiger partial charge is 0.466 e. The molecule has 2 N–H and O–H groups in total. The van der Waals surface area contributed by atoms with Crippen molar-refractivity contribution in [3.63, 3.8) is 0 Å². The molecule has 2 aromatic rings. The third-order valence-corrected chi connectivity index (χ3v) is 2.69. The van der Waals surface area contributed by atoms with E-state index in [-0.39, 0.29) is 13.0 Å². The second-order valence-corrected chi connectivity index (χ2v) is 4.01. The molecule has 0 aliphatic rings. The smallest absolute Gasteiger partial charge is 0.308 e. The standard InChI is InChI=1S/C12H15N3O4/c1-2-19-11(17)5-9(16)12(18)8-6-14-10-7-13-3-4-15(8)10/h3-4,6-7,9,12,16,18H,2,5H2,1H3. The molecule has 2 aromatic heterocycles. The zero-order chi connectivity index (χ0) is 13.8. The number of aliphatic hydroxyl groups excluding tert-OH is 2. The van der Waals surface area contributed by atoms with Crippen LogP contribution in [0.4, 0.5) is 0 Å². The molecule has 7 heteroatoms. The third-order valence-electron chi connectivity index (χ3n) is 2.69. The molecule has 0 amide bonds. The second-order valence-electron chi connectivity index (χ2n) is 4.01. The van der Waals surface area contributed by atoms with Crippen LogP contribution in [0.1, 0.15) is 25.1 Å². The number of carbonyl (C=O) groups excluding carboxylic acids is 1. The Morgan fingerprint density at radius 1 is 1.47 bits per heavy atom. The number of aromatic nitrogens is 3. The highest BCUT2D eigenvalue weighted by molar-refractivity contribution is 5.70.